The number of ether oxygens (including phenoxy) is 1. The van der Waals surface area contributed by atoms with Gasteiger partial charge in [-0.15, -0.1) is 0 Å². The molecule has 0 unspecified atom stereocenters. The van der Waals surface area contributed by atoms with Gasteiger partial charge in [0.15, 0.2) is 0 Å². The summed E-state index contributed by atoms with van der Waals surface area (Å²) in [7, 11) is 0. The number of hydrogen-bond donors (Lipinski definition) is 1. The van der Waals surface area contributed by atoms with Crippen molar-refractivity contribution < 1.29 is 9.53 Å². The fourth-order valence-corrected chi connectivity index (χ4v) is 3.23. The number of imidazole rings is 1. The van der Waals surface area contributed by atoms with E-state index in [1.807, 2.05) is 54.7 Å². The highest BCUT2D eigenvalue weighted by molar-refractivity contribution is 5.77. The molecule has 3 heterocycles. The Hall–Kier alpha value is -2.66. The van der Waals surface area contributed by atoms with Gasteiger partial charge in [-0.05, 0) is 17.7 Å². The van der Waals surface area contributed by atoms with Gasteiger partial charge in [0.25, 0.3) is 0 Å². The minimum atomic E-state index is 0.00334. The van der Waals surface area contributed by atoms with E-state index in [4.69, 9.17) is 4.74 Å². The molecular formula is C19H19N3O2. The number of amides is 1. The van der Waals surface area contributed by atoms with Gasteiger partial charge in [0.05, 0.1) is 31.1 Å². The molecule has 1 aliphatic heterocycles. The number of nitrogens with zero attached hydrogens (tertiary/aromatic N) is 2. The minimum absolute atomic E-state index is 0.00334. The Kier molecular flexibility index (Phi) is 4.01. The van der Waals surface area contributed by atoms with Crippen LogP contribution in [0.1, 0.15) is 29.3 Å². The van der Waals surface area contributed by atoms with Crippen LogP contribution >= 0.6 is 0 Å². The molecule has 1 aliphatic rings. The van der Waals surface area contributed by atoms with Crippen LogP contribution in [0.5, 0.6) is 0 Å². The Bertz CT molecular complexity index is 857. The molecule has 5 heteroatoms. The molecule has 5 nitrogen and oxygen atoms in total. The first-order valence-electron chi connectivity index (χ1n) is 8.15. The van der Waals surface area contributed by atoms with Gasteiger partial charge in [-0.3, -0.25) is 4.79 Å². The number of fused-ring (bicyclic) bond motifs is 3. The lowest BCUT2D eigenvalue weighted by Crippen LogP contribution is -2.22. The monoisotopic (exact) mass is 321 g/mol. The predicted molar refractivity (Wildman–Crippen MR) is 90.5 cm³/mol. The van der Waals surface area contributed by atoms with Gasteiger partial charge >= 0.3 is 0 Å². The van der Waals surface area contributed by atoms with Crippen LogP contribution in [0, 0.1) is 0 Å². The number of hydrogen-bond acceptors (Lipinski definition) is 3. The number of rotatable bonds is 4. The minimum Gasteiger partial charge on any atom is -0.376 e. The van der Waals surface area contributed by atoms with Crippen molar-refractivity contribution in [1.82, 2.24) is 14.7 Å². The van der Waals surface area contributed by atoms with E-state index < -0.39 is 0 Å². The van der Waals surface area contributed by atoms with E-state index in [9.17, 15) is 4.79 Å². The molecule has 4 rings (SSSR count). The number of carbonyl (C=O) groups is 1. The van der Waals surface area contributed by atoms with Crippen molar-refractivity contribution >= 4 is 11.6 Å². The van der Waals surface area contributed by atoms with Gasteiger partial charge < -0.3 is 14.5 Å². The molecule has 24 heavy (non-hydrogen) atoms. The van der Waals surface area contributed by atoms with E-state index in [1.165, 1.54) is 0 Å². The van der Waals surface area contributed by atoms with Crippen LogP contribution in [-0.2, 0) is 22.7 Å². The van der Waals surface area contributed by atoms with E-state index >= 15 is 0 Å². The normalized spacial score (nSPS) is 17.3. The molecule has 0 fully saturated rings. The van der Waals surface area contributed by atoms with Crippen molar-refractivity contribution in [3.05, 3.63) is 71.7 Å². The molecule has 1 N–H and O–H groups in total. The average molecular weight is 321 g/mol. The molecule has 0 bridgehead atoms. The van der Waals surface area contributed by atoms with Gasteiger partial charge in [0, 0.05) is 18.5 Å². The highest BCUT2D eigenvalue weighted by atomic mass is 16.5. The summed E-state index contributed by atoms with van der Waals surface area (Å²) in [6.45, 7) is 1.52. The molecule has 0 saturated carbocycles. The molecule has 0 saturated heterocycles. The summed E-state index contributed by atoms with van der Waals surface area (Å²) in [5, 5.41) is 2.93. The molecule has 0 radical (unpaired) electrons. The average Bonchev–Trinajstić information content (AvgIpc) is 2.91. The van der Waals surface area contributed by atoms with E-state index in [0.717, 1.165) is 22.6 Å². The molecule has 1 atom stereocenters. The maximum absolute atomic E-state index is 12.0. The zero-order valence-corrected chi connectivity index (χ0v) is 13.3. The summed E-state index contributed by atoms with van der Waals surface area (Å²) in [4.78, 5) is 16.7. The van der Waals surface area contributed by atoms with Crippen molar-refractivity contribution in [2.75, 3.05) is 6.61 Å². The summed E-state index contributed by atoms with van der Waals surface area (Å²) >= 11 is 0. The quantitative estimate of drug-likeness (QED) is 0.804. The first kappa shape index (κ1) is 14.9. The zero-order chi connectivity index (χ0) is 16.4. The molecule has 3 aromatic rings. The molecule has 122 valence electrons. The van der Waals surface area contributed by atoms with Crippen molar-refractivity contribution in [2.45, 2.75) is 25.5 Å². The summed E-state index contributed by atoms with van der Waals surface area (Å²) in [5.41, 5.74) is 4.05. The van der Waals surface area contributed by atoms with E-state index in [-0.39, 0.29) is 11.8 Å². The van der Waals surface area contributed by atoms with Crippen LogP contribution in [0.2, 0.25) is 0 Å². The van der Waals surface area contributed by atoms with Crippen LogP contribution in [0.4, 0.5) is 0 Å². The van der Waals surface area contributed by atoms with Crippen LogP contribution in [0.3, 0.4) is 0 Å². The lowest BCUT2D eigenvalue weighted by atomic mass is 10.0. The third-order valence-electron chi connectivity index (χ3n) is 4.35. The smallest absolute Gasteiger partial charge is 0.221 e. The first-order chi connectivity index (χ1) is 11.8. The maximum atomic E-state index is 12.0. The van der Waals surface area contributed by atoms with Gasteiger partial charge in [-0.2, -0.15) is 0 Å². The fraction of sp³-hybridized carbons (Fsp3) is 0.263. The maximum Gasteiger partial charge on any atom is 0.221 e. The molecule has 2 aromatic heterocycles. The summed E-state index contributed by atoms with van der Waals surface area (Å²) in [6, 6.07) is 16.0. The number of aromatic nitrogens is 2. The second-order valence-electron chi connectivity index (χ2n) is 6.05. The second kappa shape index (κ2) is 6.45. The van der Waals surface area contributed by atoms with E-state index in [0.29, 0.717) is 26.2 Å². The predicted octanol–water partition coefficient (Wildman–Crippen LogP) is 2.65. The van der Waals surface area contributed by atoms with Crippen LogP contribution in [0.15, 0.2) is 54.7 Å². The number of carbonyl (C=O) groups excluding carboxylic acids is 1. The Labute approximate surface area is 140 Å². The lowest BCUT2D eigenvalue weighted by Gasteiger charge is -2.15. The van der Waals surface area contributed by atoms with Crippen LogP contribution in [0.25, 0.3) is 5.65 Å². The van der Waals surface area contributed by atoms with Crippen molar-refractivity contribution in [2.24, 2.45) is 0 Å². The molecule has 1 amide bonds. The molecule has 0 aliphatic carbocycles. The Morgan fingerprint density at radius 2 is 2.00 bits per heavy atom. The van der Waals surface area contributed by atoms with E-state index in [1.54, 1.807) is 0 Å². The van der Waals surface area contributed by atoms with Gasteiger partial charge in [-0.1, -0.05) is 36.4 Å². The second-order valence-corrected chi connectivity index (χ2v) is 6.05. The summed E-state index contributed by atoms with van der Waals surface area (Å²) < 4.78 is 7.99. The Morgan fingerprint density at radius 1 is 1.17 bits per heavy atom. The van der Waals surface area contributed by atoms with Gasteiger partial charge in [0.2, 0.25) is 5.91 Å². The molecule has 1 aromatic carbocycles. The third kappa shape index (κ3) is 2.90. The van der Waals surface area contributed by atoms with Crippen molar-refractivity contribution in [1.29, 1.82) is 0 Å². The number of benzene rings is 1. The van der Waals surface area contributed by atoms with Crippen LogP contribution in [-0.4, -0.2) is 21.9 Å². The van der Waals surface area contributed by atoms with E-state index in [2.05, 4.69) is 14.7 Å². The van der Waals surface area contributed by atoms with Crippen molar-refractivity contribution in [3.8, 4) is 0 Å². The van der Waals surface area contributed by atoms with Crippen molar-refractivity contribution in [3.63, 3.8) is 0 Å². The Balaban J connectivity index is 1.58. The zero-order valence-electron chi connectivity index (χ0n) is 13.3. The standard InChI is InChI=1S/C19H19N3O2/c23-18-10-15(13-24-12-14-6-2-1-3-7-14)19-16(11-20-18)21-17-8-4-5-9-22(17)19/h1-9,15H,10-13H2,(H,20,23)/t15-/m0/s1. The summed E-state index contributed by atoms with van der Waals surface area (Å²) in [6.07, 6.45) is 2.42. The molecule has 0 spiro atoms. The largest absolute Gasteiger partial charge is 0.376 e. The molecular weight excluding hydrogens is 302 g/mol. The summed E-state index contributed by atoms with van der Waals surface area (Å²) in [5.74, 6) is 0.0506. The topological polar surface area (TPSA) is 55.6 Å². The Morgan fingerprint density at radius 3 is 2.88 bits per heavy atom. The van der Waals surface area contributed by atoms with Crippen LogP contribution < -0.4 is 5.32 Å². The van der Waals surface area contributed by atoms with Gasteiger partial charge in [0.1, 0.15) is 5.65 Å². The SMILES string of the molecule is O=C1C[C@@H](COCc2ccccc2)c2c(nc3ccccn23)CN1. The first-order valence-corrected chi connectivity index (χ1v) is 8.15. The highest BCUT2D eigenvalue weighted by Crippen LogP contribution is 2.28. The number of nitrogens with one attached hydrogen (secondary N) is 1. The highest BCUT2D eigenvalue weighted by Gasteiger charge is 2.27. The van der Waals surface area contributed by atoms with Gasteiger partial charge in [-0.25, -0.2) is 4.98 Å². The lowest BCUT2D eigenvalue weighted by molar-refractivity contribution is -0.121. The fourth-order valence-electron chi connectivity index (χ4n) is 3.23. The number of pyridine rings is 1. The third-order valence-corrected chi connectivity index (χ3v) is 4.35.